The van der Waals surface area contributed by atoms with Crippen molar-refractivity contribution in [1.82, 2.24) is 4.72 Å². The van der Waals surface area contributed by atoms with E-state index in [1.54, 1.807) is 12.1 Å². The average Bonchev–Trinajstić information content (AvgIpc) is 3.01. The van der Waals surface area contributed by atoms with Gasteiger partial charge in [-0.05, 0) is 47.4 Å². The highest BCUT2D eigenvalue weighted by Crippen LogP contribution is 2.40. The van der Waals surface area contributed by atoms with E-state index in [2.05, 4.69) is 10.8 Å². The smallest absolute Gasteiger partial charge is 0.207 e. The maximum absolute atomic E-state index is 12.9. The maximum Gasteiger partial charge on any atom is 0.241 e. The summed E-state index contributed by atoms with van der Waals surface area (Å²) in [6, 6.07) is 24.3. The molecule has 0 fully saturated rings. The largest absolute Gasteiger partial charge is 0.241 e. The second kappa shape index (κ2) is 6.56. The quantitative estimate of drug-likeness (QED) is 0.740. The molecule has 0 aromatic heterocycles. The SMILES string of the molecule is Cc1ccc(S(=O)(=O)NC2C(c3ccccc3)=Cc3ccccc32)cc1. The first kappa shape index (κ1) is 16.8. The van der Waals surface area contributed by atoms with Crippen LogP contribution in [0.1, 0.15) is 28.3 Å². The van der Waals surface area contributed by atoms with Gasteiger partial charge >= 0.3 is 0 Å². The van der Waals surface area contributed by atoms with E-state index in [0.717, 1.165) is 27.8 Å². The van der Waals surface area contributed by atoms with Gasteiger partial charge in [-0.3, -0.25) is 0 Å². The molecule has 3 aromatic carbocycles. The molecule has 0 saturated carbocycles. The van der Waals surface area contributed by atoms with E-state index in [0.29, 0.717) is 0 Å². The normalized spacial score (nSPS) is 16.2. The van der Waals surface area contributed by atoms with Crippen molar-refractivity contribution in [3.8, 4) is 0 Å². The minimum Gasteiger partial charge on any atom is -0.207 e. The van der Waals surface area contributed by atoms with E-state index in [4.69, 9.17) is 0 Å². The van der Waals surface area contributed by atoms with Gasteiger partial charge in [-0.15, -0.1) is 0 Å². The molecule has 130 valence electrons. The van der Waals surface area contributed by atoms with Gasteiger partial charge < -0.3 is 0 Å². The fourth-order valence-corrected chi connectivity index (χ4v) is 4.47. The van der Waals surface area contributed by atoms with Gasteiger partial charge in [-0.1, -0.05) is 72.3 Å². The maximum atomic E-state index is 12.9. The van der Waals surface area contributed by atoms with Gasteiger partial charge in [0.1, 0.15) is 0 Å². The Labute approximate surface area is 154 Å². The number of aryl methyl sites for hydroxylation is 1. The standard InChI is InChI=1S/C22H19NO2S/c1-16-11-13-19(14-12-16)26(24,25)23-22-20-10-6-5-9-18(20)15-21(22)17-7-3-2-4-8-17/h2-15,22-23H,1H3. The molecular weight excluding hydrogens is 342 g/mol. The lowest BCUT2D eigenvalue weighted by Crippen LogP contribution is -2.28. The van der Waals surface area contributed by atoms with Crippen molar-refractivity contribution >= 4 is 21.7 Å². The zero-order chi connectivity index (χ0) is 18.1. The molecule has 3 nitrogen and oxygen atoms in total. The molecule has 0 aliphatic heterocycles. The summed E-state index contributed by atoms with van der Waals surface area (Å²) in [5.41, 5.74) is 5.02. The third kappa shape index (κ3) is 3.09. The lowest BCUT2D eigenvalue weighted by Gasteiger charge is -2.19. The van der Waals surface area contributed by atoms with Gasteiger partial charge in [0.25, 0.3) is 0 Å². The molecule has 0 bridgehead atoms. The van der Waals surface area contributed by atoms with Crippen molar-refractivity contribution in [2.45, 2.75) is 17.9 Å². The van der Waals surface area contributed by atoms with Gasteiger partial charge in [0, 0.05) is 0 Å². The average molecular weight is 361 g/mol. The predicted octanol–water partition coefficient (Wildman–Crippen LogP) is 4.57. The van der Waals surface area contributed by atoms with Crippen LogP contribution in [0.4, 0.5) is 0 Å². The topological polar surface area (TPSA) is 46.2 Å². The van der Waals surface area contributed by atoms with Gasteiger partial charge in [0.2, 0.25) is 10.0 Å². The Morgan fingerprint density at radius 3 is 2.19 bits per heavy atom. The molecule has 1 aliphatic carbocycles. The van der Waals surface area contributed by atoms with E-state index < -0.39 is 16.1 Å². The van der Waals surface area contributed by atoms with E-state index in [1.165, 1.54) is 0 Å². The highest BCUT2D eigenvalue weighted by molar-refractivity contribution is 7.89. The van der Waals surface area contributed by atoms with Crippen LogP contribution in [0, 0.1) is 6.92 Å². The molecule has 0 radical (unpaired) electrons. The van der Waals surface area contributed by atoms with Crippen LogP contribution < -0.4 is 4.72 Å². The van der Waals surface area contributed by atoms with Crippen molar-refractivity contribution < 1.29 is 8.42 Å². The Bertz CT molecular complexity index is 1070. The molecule has 1 N–H and O–H groups in total. The molecule has 26 heavy (non-hydrogen) atoms. The minimum atomic E-state index is -3.63. The summed E-state index contributed by atoms with van der Waals surface area (Å²) in [6.07, 6.45) is 2.06. The number of benzene rings is 3. The van der Waals surface area contributed by atoms with E-state index in [-0.39, 0.29) is 4.90 Å². The van der Waals surface area contributed by atoms with Crippen LogP contribution in [0.25, 0.3) is 11.6 Å². The Balaban J connectivity index is 1.75. The summed E-state index contributed by atoms with van der Waals surface area (Å²) >= 11 is 0. The summed E-state index contributed by atoms with van der Waals surface area (Å²) in [5.74, 6) is 0. The minimum absolute atomic E-state index is 0.278. The Kier molecular flexibility index (Phi) is 4.23. The number of hydrogen-bond donors (Lipinski definition) is 1. The van der Waals surface area contributed by atoms with Gasteiger partial charge in [-0.25, -0.2) is 8.42 Å². The van der Waals surface area contributed by atoms with Gasteiger partial charge in [-0.2, -0.15) is 4.72 Å². The number of sulfonamides is 1. The zero-order valence-electron chi connectivity index (χ0n) is 14.4. The molecule has 0 spiro atoms. The first-order valence-electron chi connectivity index (χ1n) is 8.49. The number of rotatable bonds is 4. The third-order valence-electron chi connectivity index (χ3n) is 4.64. The predicted molar refractivity (Wildman–Crippen MR) is 105 cm³/mol. The highest BCUT2D eigenvalue weighted by Gasteiger charge is 2.30. The van der Waals surface area contributed by atoms with Crippen LogP contribution >= 0.6 is 0 Å². The van der Waals surface area contributed by atoms with Crippen LogP contribution in [-0.2, 0) is 10.0 Å². The molecule has 0 saturated heterocycles. The van der Waals surface area contributed by atoms with Crippen LogP contribution in [0.3, 0.4) is 0 Å². The van der Waals surface area contributed by atoms with Crippen molar-refractivity contribution in [2.75, 3.05) is 0 Å². The molecule has 0 amide bonds. The third-order valence-corrected chi connectivity index (χ3v) is 6.08. The molecule has 0 heterocycles. The lowest BCUT2D eigenvalue weighted by molar-refractivity contribution is 0.576. The number of fused-ring (bicyclic) bond motifs is 1. The summed E-state index contributed by atoms with van der Waals surface area (Å²) < 4.78 is 28.8. The fraction of sp³-hybridized carbons (Fsp3) is 0.0909. The van der Waals surface area contributed by atoms with E-state index in [9.17, 15) is 8.42 Å². The van der Waals surface area contributed by atoms with Crippen molar-refractivity contribution in [1.29, 1.82) is 0 Å². The molecule has 4 rings (SSSR count). The molecule has 1 unspecified atom stereocenters. The number of nitrogens with one attached hydrogen (secondary N) is 1. The monoisotopic (exact) mass is 361 g/mol. The van der Waals surface area contributed by atoms with Crippen LogP contribution in [-0.4, -0.2) is 8.42 Å². The molecule has 1 atom stereocenters. The summed E-state index contributed by atoms with van der Waals surface area (Å²) in [4.78, 5) is 0.278. The fourth-order valence-electron chi connectivity index (χ4n) is 3.27. The Morgan fingerprint density at radius 2 is 1.46 bits per heavy atom. The van der Waals surface area contributed by atoms with E-state index >= 15 is 0 Å². The zero-order valence-corrected chi connectivity index (χ0v) is 15.2. The lowest BCUT2D eigenvalue weighted by atomic mass is 9.99. The molecule has 1 aliphatic rings. The van der Waals surface area contributed by atoms with Crippen molar-refractivity contribution in [2.24, 2.45) is 0 Å². The van der Waals surface area contributed by atoms with Crippen LogP contribution in [0.15, 0.2) is 83.8 Å². The summed E-state index contributed by atoms with van der Waals surface area (Å²) in [7, 11) is -3.63. The van der Waals surface area contributed by atoms with E-state index in [1.807, 2.05) is 73.7 Å². The second-order valence-electron chi connectivity index (χ2n) is 6.46. The second-order valence-corrected chi connectivity index (χ2v) is 8.18. The van der Waals surface area contributed by atoms with Crippen LogP contribution in [0.5, 0.6) is 0 Å². The summed E-state index contributed by atoms with van der Waals surface area (Å²) in [5, 5.41) is 0. The van der Waals surface area contributed by atoms with Crippen molar-refractivity contribution in [3.05, 3.63) is 101 Å². The number of hydrogen-bond acceptors (Lipinski definition) is 2. The van der Waals surface area contributed by atoms with Crippen LogP contribution in [0.2, 0.25) is 0 Å². The first-order chi connectivity index (χ1) is 12.5. The first-order valence-corrected chi connectivity index (χ1v) is 9.98. The van der Waals surface area contributed by atoms with Crippen molar-refractivity contribution in [3.63, 3.8) is 0 Å². The Morgan fingerprint density at radius 1 is 0.808 bits per heavy atom. The van der Waals surface area contributed by atoms with Gasteiger partial charge in [0.05, 0.1) is 10.9 Å². The molecule has 3 aromatic rings. The Hall–Kier alpha value is -2.69. The molecular formula is C22H19NO2S. The van der Waals surface area contributed by atoms with Gasteiger partial charge in [0.15, 0.2) is 0 Å². The molecule has 4 heteroatoms. The summed E-state index contributed by atoms with van der Waals surface area (Å²) in [6.45, 7) is 1.94. The highest BCUT2D eigenvalue weighted by atomic mass is 32.2.